The molecule has 0 spiro atoms. The summed E-state index contributed by atoms with van der Waals surface area (Å²) >= 11 is 6.32. The van der Waals surface area contributed by atoms with E-state index in [0.29, 0.717) is 0 Å². The number of hydrogen-bond donors (Lipinski definition) is 1. The predicted octanol–water partition coefficient (Wildman–Crippen LogP) is 6.86. The summed E-state index contributed by atoms with van der Waals surface area (Å²) in [6, 6.07) is 7.38. The lowest BCUT2D eigenvalue weighted by atomic mass is 10.1. The Balaban J connectivity index is 2.04. The van der Waals surface area contributed by atoms with Gasteiger partial charge in [-0.15, -0.1) is 0 Å². The van der Waals surface area contributed by atoms with Crippen molar-refractivity contribution in [3.63, 3.8) is 0 Å². The molecule has 48 heavy (non-hydrogen) atoms. The number of ether oxygens (including phenoxy) is 3. The maximum atomic E-state index is 13.6. The van der Waals surface area contributed by atoms with Crippen molar-refractivity contribution in [1.29, 1.82) is 0 Å². The molecule has 2 aromatic heterocycles. The molecule has 0 amide bonds. The zero-order valence-corrected chi connectivity index (χ0v) is 31.0. The van der Waals surface area contributed by atoms with E-state index in [1.807, 2.05) is 0 Å². The number of anilines is 1. The number of rotatable bonds is 20. The van der Waals surface area contributed by atoms with Crippen LogP contribution in [0.3, 0.4) is 0 Å². The first-order valence-electron chi connectivity index (χ1n) is 15.5. The number of nitrogens with zero attached hydrogens (tertiary/aromatic N) is 4. The molecule has 268 valence electrons. The molecule has 2 heterocycles. The highest BCUT2D eigenvalue weighted by Crippen LogP contribution is 2.51. The fourth-order valence-electron chi connectivity index (χ4n) is 4.53. The van der Waals surface area contributed by atoms with Crippen LogP contribution < -0.4 is 5.73 Å². The van der Waals surface area contributed by atoms with Gasteiger partial charge in [-0.25, -0.2) is 9.78 Å². The first kappa shape index (κ1) is 40.0. The molecule has 1 aromatic carbocycles. The molecule has 0 aliphatic carbocycles. The Hall–Kier alpha value is -2.45. The van der Waals surface area contributed by atoms with Crippen LogP contribution in [0.5, 0.6) is 0 Å². The van der Waals surface area contributed by atoms with Gasteiger partial charge in [0.1, 0.15) is 24.3 Å². The first-order valence-corrected chi connectivity index (χ1v) is 19.3. The molecule has 18 heteroatoms. The van der Waals surface area contributed by atoms with E-state index < -0.39 is 70.4 Å². The number of carbonyl (C=O) groups is 1. The van der Waals surface area contributed by atoms with Crippen LogP contribution in [-0.4, -0.2) is 81.9 Å². The maximum absolute atomic E-state index is 13.6. The second-order valence-corrected chi connectivity index (χ2v) is 16.1. The van der Waals surface area contributed by atoms with Gasteiger partial charge in [0.2, 0.25) is 5.95 Å². The van der Waals surface area contributed by atoms with Crippen molar-refractivity contribution < 1.29 is 46.2 Å². The number of aromatic nitrogens is 4. The normalized spacial score (nSPS) is 14.0. The lowest BCUT2D eigenvalue weighted by molar-refractivity contribution is -0.0352. The van der Waals surface area contributed by atoms with E-state index in [4.69, 9.17) is 49.6 Å². The summed E-state index contributed by atoms with van der Waals surface area (Å²) in [6.45, 7) is 13.3. The molecule has 0 aliphatic heterocycles. The molecule has 0 radical (unpaired) electrons. The standard InChI is InChI=1S/C30H46ClN5O10P2/c1-19(2)43-47(38,44-20(3)4)17-40-14-24(36-16-33-26-27(31)34-30(32)35-28(26)36)25(42-29(37)23-12-10-9-11-13-23)15-41-18-48(39,45-21(5)6)46-22(7)8/h9-13,16,19-22,24-25H,14-15,17-18H2,1-8H3,(H2,32,34,35)/t24-,25+/m1/s1. The minimum absolute atomic E-state index is 0.00257. The van der Waals surface area contributed by atoms with Crippen LogP contribution >= 0.6 is 26.8 Å². The number of benzene rings is 1. The van der Waals surface area contributed by atoms with Crippen LogP contribution in [0.25, 0.3) is 11.2 Å². The Morgan fingerprint density at radius 3 is 1.81 bits per heavy atom. The second kappa shape index (κ2) is 18.0. The number of hydrogen-bond acceptors (Lipinski definition) is 14. The fraction of sp³-hybridized carbons (Fsp3) is 0.600. The monoisotopic (exact) mass is 733 g/mol. The van der Waals surface area contributed by atoms with Gasteiger partial charge in [0, 0.05) is 0 Å². The molecule has 15 nitrogen and oxygen atoms in total. The molecule has 0 fully saturated rings. The van der Waals surface area contributed by atoms with Crippen molar-refractivity contribution >= 4 is 49.9 Å². The van der Waals surface area contributed by atoms with Crippen LogP contribution in [0.4, 0.5) is 5.95 Å². The van der Waals surface area contributed by atoms with Gasteiger partial charge in [0.05, 0.1) is 55.6 Å². The van der Waals surface area contributed by atoms with Gasteiger partial charge in [-0.05, 0) is 67.5 Å². The van der Waals surface area contributed by atoms with Gasteiger partial charge in [0.15, 0.2) is 10.8 Å². The van der Waals surface area contributed by atoms with E-state index >= 15 is 0 Å². The minimum atomic E-state index is -3.73. The number of fused-ring (bicyclic) bond motifs is 1. The number of nitrogens with two attached hydrogens (primary N) is 1. The van der Waals surface area contributed by atoms with Gasteiger partial charge >= 0.3 is 21.2 Å². The molecule has 3 rings (SSSR count). The fourth-order valence-corrected chi connectivity index (χ4v) is 8.32. The number of halogens is 1. The Morgan fingerprint density at radius 1 is 0.812 bits per heavy atom. The molecule has 2 N–H and O–H groups in total. The summed E-state index contributed by atoms with van der Waals surface area (Å²) < 4.78 is 69.1. The van der Waals surface area contributed by atoms with E-state index in [9.17, 15) is 13.9 Å². The van der Waals surface area contributed by atoms with Gasteiger partial charge in [-0.3, -0.25) is 9.13 Å². The van der Waals surface area contributed by atoms with Crippen molar-refractivity contribution in [3.8, 4) is 0 Å². The van der Waals surface area contributed by atoms with E-state index in [-0.39, 0.29) is 41.0 Å². The molecule has 0 bridgehead atoms. The zero-order valence-electron chi connectivity index (χ0n) is 28.5. The van der Waals surface area contributed by atoms with Crippen molar-refractivity contribution in [2.75, 3.05) is 31.6 Å². The highest BCUT2D eigenvalue weighted by molar-refractivity contribution is 7.53. The minimum Gasteiger partial charge on any atom is -0.454 e. The van der Waals surface area contributed by atoms with Crippen molar-refractivity contribution in [2.45, 2.75) is 92.0 Å². The number of imidazole rings is 1. The number of nitrogen functional groups attached to an aromatic ring is 1. The number of esters is 1. The van der Waals surface area contributed by atoms with Crippen molar-refractivity contribution in [2.24, 2.45) is 0 Å². The molecular formula is C30H46ClN5O10P2. The number of carbonyl (C=O) groups excluding carboxylic acids is 1. The predicted molar refractivity (Wildman–Crippen MR) is 181 cm³/mol. The van der Waals surface area contributed by atoms with E-state index in [1.54, 1.807) is 85.7 Å². The quantitative estimate of drug-likeness (QED) is 0.0721. The van der Waals surface area contributed by atoms with Crippen LogP contribution in [0.15, 0.2) is 36.7 Å². The highest BCUT2D eigenvalue weighted by Gasteiger charge is 2.35. The lowest BCUT2D eigenvalue weighted by Crippen LogP contribution is -2.36. The molecule has 0 unspecified atom stereocenters. The third kappa shape index (κ3) is 12.2. The van der Waals surface area contributed by atoms with Gasteiger partial charge < -0.3 is 42.6 Å². The Morgan fingerprint density at radius 2 is 1.31 bits per heavy atom. The molecular weight excluding hydrogens is 688 g/mol. The summed E-state index contributed by atoms with van der Waals surface area (Å²) in [7, 11) is -7.46. The average molecular weight is 734 g/mol. The Kier molecular flexibility index (Phi) is 15.0. The molecule has 0 aliphatic rings. The SMILES string of the molecule is CC(C)OP(=O)(COC[C@H](OC(=O)c1ccccc1)[C@@H](COCP(=O)(OC(C)C)OC(C)C)n1cnc2c(Cl)nc(N)nc21)OC(C)C. The van der Waals surface area contributed by atoms with Gasteiger partial charge in [0.25, 0.3) is 0 Å². The summed E-state index contributed by atoms with van der Waals surface area (Å²) in [5.74, 6) is -0.802. The average Bonchev–Trinajstić information content (AvgIpc) is 3.37. The third-order valence-electron chi connectivity index (χ3n) is 6.01. The van der Waals surface area contributed by atoms with E-state index in [0.717, 1.165) is 0 Å². The van der Waals surface area contributed by atoms with Crippen LogP contribution in [0.2, 0.25) is 5.15 Å². The Labute approximate surface area is 286 Å². The third-order valence-corrected chi connectivity index (χ3v) is 10.2. The van der Waals surface area contributed by atoms with Gasteiger partial charge in [-0.2, -0.15) is 9.97 Å². The van der Waals surface area contributed by atoms with Crippen molar-refractivity contribution in [1.82, 2.24) is 19.5 Å². The van der Waals surface area contributed by atoms with Crippen molar-refractivity contribution in [3.05, 3.63) is 47.4 Å². The maximum Gasteiger partial charge on any atom is 0.356 e. The molecule has 0 saturated heterocycles. The topological polar surface area (TPSA) is 185 Å². The van der Waals surface area contributed by atoms with Crippen LogP contribution in [0, 0.1) is 0 Å². The molecule has 0 saturated carbocycles. The Bertz CT molecular complexity index is 1550. The largest absolute Gasteiger partial charge is 0.454 e. The second-order valence-electron chi connectivity index (χ2n) is 11.9. The summed E-state index contributed by atoms with van der Waals surface area (Å²) in [5.41, 5.74) is 6.62. The molecule has 2 atom stereocenters. The summed E-state index contributed by atoms with van der Waals surface area (Å²) in [4.78, 5) is 26.1. The summed E-state index contributed by atoms with van der Waals surface area (Å²) in [5, 5.41) is 0.00257. The van der Waals surface area contributed by atoms with Crippen LogP contribution in [0.1, 0.15) is 71.8 Å². The highest BCUT2D eigenvalue weighted by atomic mass is 35.5. The van der Waals surface area contributed by atoms with E-state index in [1.165, 1.54) is 10.9 Å². The first-order chi connectivity index (χ1) is 22.5. The molecule has 3 aromatic rings. The summed E-state index contributed by atoms with van der Waals surface area (Å²) in [6.07, 6.45) is -2.29. The van der Waals surface area contributed by atoms with Crippen LogP contribution in [-0.2, 0) is 41.4 Å². The lowest BCUT2D eigenvalue weighted by Gasteiger charge is -2.30. The smallest absolute Gasteiger partial charge is 0.356 e. The van der Waals surface area contributed by atoms with E-state index in [2.05, 4.69) is 15.0 Å². The van der Waals surface area contributed by atoms with Gasteiger partial charge in [-0.1, -0.05) is 29.8 Å². The zero-order chi connectivity index (χ0) is 35.6.